The average Bonchev–Trinajstić information content (AvgIpc) is 2.36. The van der Waals surface area contributed by atoms with Gasteiger partial charge in [0.1, 0.15) is 0 Å². The quantitative estimate of drug-likeness (QED) is 0.882. The van der Waals surface area contributed by atoms with Gasteiger partial charge in [0.05, 0.1) is 11.7 Å². The lowest BCUT2D eigenvalue weighted by atomic mass is 9.76. The van der Waals surface area contributed by atoms with Crippen molar-refractivity contribution in [3.63, 3.8) is 0 Å². The minimum atomic E-state index is -0.811. The zero-order valence-corrected chi connectivity index (χ0v) is 11.6. The van der Waals surface area contributed by atoms with Crippen molar-refractivity contribution in [3.8, 4) is 0 Å². The van der Waals surface area contributed by atoms with Crippen molar-refractivity contribution in [2.24, 2.45) is 0 Å². The van der Waals surface area contributed by atoms with Gasteiger partial charge in [-0.25, -0.2) is 0 Å². The molecule has 0 radical (unpaired) electrons. The van der Waals surface area contributed by atoms with Gasteiger partial charge >= 0.3 is 0 Å². The van der Waals surface area contributed by atoms with Gasteiger partial charge in [-0.1, -0.05) is 37.1 Å². The monoisotopic (exact) mass is 268 g/mol. The smallest absolute Gasteiger partial charge is 0.0901 e. The standard InChI is InChI=1S/C15H21ClO2/c1-2-4-12-13(5-3-6-14(12)16)15(18)9-7-11(17)8-10-15/h3,5-6,11,17-18H,2,4,7-10H2,1H3. The summed E-state index contributed by atoms with van der Waals surface area (Å²) < 4.78 is 0. The molecule has 1 fully saturated rings. The normalized spacial score (nSPS) is 28.3. The SMILES string of the molecule is CCCc1c(Cl)cccc1C1(O)CCC(O)CC1. The molecule has 0 atom stereocenters. The number of rotatable bonds is 3. The first-order valence-corrected chi connectivity index (χ1v) is 7.13. The van der Waals surface area contributed by atoms with E-state index < -0.39 is 5.60 Å². The van der Waals surface area contributed by atoms with E-state index in [0.29, 0.717) is 25.7 Å². The van der Waals surface area contributed by atoms with Crippen LogP contribution in [0.4, 0.5) is 0 Å². The van der Waals surface area contributed by atoms with Crippen molar-refractivity contribution in [3.05, 3.63) is 34.3 Å². The van der Waals surface area contributed by atoms with Crippen LogP contribution in [-0.4, -0.2) is 16.3 Å². The Hall–Kier alpha value is -0.570. The maximum atomic E-state index is 10.8. The van der Waals surface area contributed by atoms with E-state index in [1.807, 2.05) is 18.2 Å². The summed E-state index contributed by atoms with van der Waals surface area (Å²) in [7, 11) is 0. The van der Waals surface area contributed by atoms with E-state index in [4.69, 9.17) is 11.6 Å². The minimum absolute atomic E-state index is 0.265. The van der Waals surface area contributed by atoms with Gasteiger partial charge in [0.25, 0.3) is 0 Å². The van der Waals surface area contributed by atoms with E-state index in [9.17, 15) is 10.2 Å². The highest BCUT2D eigenvalue weighted by atomic mass is 35.5. The molecule has 2 nitrogen and oxygen atoms in total. The Kier molecular flexibility index (Phi) is 4.31. The summed E-state index contributed by atoms with van der Waals surface area (Å²) in [5, 5.41) is 21.1. The van der Waals surface area contributed by atoms with Crippen LogP contribution in [0.3, 0.4) is 0 Å². The Balaban J connectivity index is 2.34. The molecule has 0 unspecified atom stereocenters. The van der Waals surface area contributed by atoms with Gasteiger partial charge < -0.3 is 10.2 Å². The number of aliphatic hydroxyl groups excluding tert-OH is 1. The lowest BCUT2D eigenvalue weighted by Crippen LogP contribution is -2.34. The molecule has 3 heteroatoms. The number of aliphatic hydroxyl groups is 2. The van der Waals surface area contributed by atoms with Gasteiger partial charge in [0, 0.05) is 5.02 Å². The summed E-state index contributed by atoms with van der Waals surface area (Å²) in [6.07, 6.45) is 4.19. The molecule has 0 aliphatic heterocycles. The van der Waals surface area contributed by atoms with E-state index in [0.717, 1.165) is 29.0 Å². The molecule has 0 bridgehead atoms. The van der Waals surface area contributed by atoms with Crippen molar-refractivity contribution in [1.29, 1.82) is 0 Å². The number of hydrogen-bond donors (Lipinski definition) is 2. The Morgan fingerprint density at radius 3 is 2.61 bits per heavy atom. The highest BCUT2D eigenvalue weighted by Gasteiger charge is 2.35. The summed E-state index contributed by atoms with van der Waals surface area (Å²) in [4.78, 5) is 0. The molecule has 0 heterocycles. The average molecular weight is 269 g/mol. The van der Waals surface area contributed by atoms with E-state index in [1.54, 1.807) is 0 Å². The second kappa shape index (κ2) is 5.60. The van der Waals surface area contributed by atoms with Crippen LogP contribution in [0.5, 0.6) is 0 Å². The third-order valence-electron chi connectivity index (χ3n) is 3.90. The molecular weight excluding hydrogens is 248 g/mol. The predicted octanol–water partition coefficient (Wildman–Crippen LogP) is 3.42. The van der Waals surface area contributed by atoms with Crippen LogP contribution in [-0.2, 0) is 12.0 Å². The van der Waals surface area contributed by atoms with Crippen molar-refractivity contribution < 1.29 is 10.2 Å². The van der Waals surface area contributed by atoms with Crippen LogP contribution in [0, 0.1) is 0 Å². The van der Waals surface area contributed by atoms with E-state index in [1.165, 1.54) is 0 Å². The van der Waals surface area contributed by atoms with Crippen LogP contribution in [0.25, 0.3) is 0 Å². The fourth-order valence-electron chi connectivity index (χ4n) is 2.85. The second-order valence-electron chi connectivity index (χ2n) is 5.28. The Bertz CT molecular complexity index is 409. The molecule has 0 saturated heterocycles. The van der Waals surface area contributed by atoms with Crippen LogP contribution in [0.1, 0.15) is 50.2 Å². The third-order valence-corrected chi connectivity index (χ3v) is 4.26. The van der Waals surface area contributed by atoms with Gasteiger partial charge in [0.2, 0.25) is 0 Å². The highest BCUT2D eigenvalue weighted by Crippen LogP contribution is 2.40. The Morgan fingerprint density at radius 1 is 1.33 bits per heavy atom. The summed E-state index contributed by atoms with van der Waals surface area (Å²) in [5.74, 6) is 0. The molecule has 2 rings (SSSR count). The van der Waals surface area contributed by atoms with Crippen molar-refractivity contribution in [2.75, 3.05) is 0 Å². The lowest BCUT2D eigenvalue weighted by Gasteiger charge is -2.36. The van der Waals surface area contributed by atoms with Crippen LogP contribution < -0.4 is 0 Å². The fourth-order valence-corrected chi connectivity index (χ4v) is 3.12. The molecule has 2 N–H and O–H groups in total. The predicted molar refractivity (Wildman–Crippen MR) is 73.8 cm³/mol. The number of halogens is 1. The molecule has 1 aliphatic carbocycles. The molecule has 1 aromatic carbocycles. The number of benzene rings is 1. The number of hydrogen-bond acceptors (Lipinski definition) is 2. The first kappa shape index (κ1) is 13.9. The van der Waals surface area contributed by atoms with Crippen molar-refractivity contribution in [1.82, 2.24) is 0 Å². The van der Waals surface area contributed by atoms with E-state index in [-0.39, 0.29) is 6.10 Å². The molecular formula is C15H21ClO2. The van der Waals surface area contributed by atoms with Crippen LogP contribution >= 0.6 is 11.6 Å². The molecule has 1 aromatic rings. The maximum Gasteiger partial charge on any atom is 0.0901 e. The first-order chi connectivity index (χ1) is 8.57. The Labute approximate surface area is 114 Å². The molecule has 0 spiro atoms. The maximum absolute atomic E-state index is 10.8. The van der Waals surface area contributed by atoms with Gasteiger partial charge in [0.15, 0.2) is 0 Å². The van der Waals surface area contributed by atoms with Crippen molar-refractivity contribution >= 4 is 11.6 Å². The molecule has 0 amide bonds. The van der Waals surface area contributed by atoms with Gasteiger partial charge in [-0.05, 0) is 49.3 Å². The first-order valence-electron chi connectivity index (χ1n) is 6.75. The van der Waals surface area contributed by atoms with E-state index >= 15 is 0 Å². The summed E-state index contributed by atoms with van der Waals surface area (Å²) in [6.45, 7) is 2.11. The molecule has 18 heavy (non-hydrogen) atoms. The van der Waals surface area contributed by atoms with Crippen LogP contribution in [0.15, 0.2) is 18.2 Å². The van der Waals surface area contributed by atoms with E-state index in [2.05, 4.69) is 6.92 Å². The summed E-state index contributed by atoms with van der Waals surface area (Å²) in [6, 6.07) is 5.77. The summed E-state index contributed by atoms with van der Waals surface area (Å²) in [5.41, 5.74) is 1.22. The van der Waals surface area contributed by atoms with Crippen LogP contribution in [0.2, 0.25) is 5.02 Å². The molecule has 1 saturated carbocycles. The topological polar surface area (TPSA) is 40.5 Å². The largest absolute Gasteiger partial charge is 0.393 e. The van der Waals surface area contributed by atoms with Gasteiger partial charge in [-0.3, -0.25) is 0 Å². The Morgan fingerprint density at radius 2 is 2.00 bits per heavy atom. The second-order valence-corrected chi connectivity index (χ2v) is 5.69. The third kappa shape index (κ3) is 2.71. The van der Waals surface area contributed by atoms with Gasteiger partial charge in [-0.2, -0.15) is 0 Å². The van der Waals surface area contributed by atoms with Crippen molar-refractivity contribution in [2.45, 2.75) is 57.2 Å². The lowest BCUT2D eigenvalue weighted by molar-refractivity contribution is -0.0366. The fraction of sp³-hybridized carbons (Fsp3) is 0.600. The molecule has 100 valence electrons. The highest BCUT2D eigenvalue weighted by molar-refractivity contribution is 6.31. The molecule has 1 aliphatic rings. The summed E-state index contributed by atoms with van der Waals surface area (Å²) >= 11 is 6.26. The van der Waals surface area contributed by atoms with Gasteiger partial charge in [-0.15, -0.1) is 0 Å². The zero-order chi connectivity index (χ0) is 13.2. The molecule has 0 aromatic heterocycles. The minimum Gasteiger partial charge on any atom is -0.393 e. The zero-order valence-electron chi connectivity index (χ0n) is 10.8.